The fourth-order valence-corrected chi connectivity index (χ4v) is 7.99. The number of phosphoric ester groups is 1. The number of carbonyl (C=O) groups excluding carboxylic acids is 2. The summed E-state index contributed by atoms with van der Waals surface area (Å²) in [4.78, 5) is 37.9. The molecular formula is C50H88NO11P. The van der Waals surface area contributed by atoms with Crippen LogP contribution in [0.1, 0.15) is 162 Å². The molecule has 1 aliphatic rings. The van der Waals surface area contributed by atoms with Crippen LogP contribution in [0.2, 0.25) is 0 Å². The first kappa shape index (κ1) is 58.6. The molecule has 13 heteroatoms. The summed E-state index contributed by atoms with van der Waals surface area (Å²) >= 11 is 0. The Balaban J connectivity index is 2.46. The number of unbranched alkanes of at least 4 members (excludes halogenated alkanes) is 11. The van der Waals surface area contributed by atoms with Crippen LogP contribution in [0.5, 0.6) is 0 Å². The number of aliphatic hydroxyl groups excluding tert-OH is 3. The number of carbonyl (C=O) groups is 2. The summed E-state index contributed by atoms with van der Waals surface area (Å²) in [6, 6.07) is 0. The van der Waals surface area contributed by atoms with E-state index >= 15 is 0 Å². The maximum atomic E-state index is 12.8. The molecule has 0 aromatic rings. The molecule has 0 aromatic carbocycles. The zero-order valence-corrected chi connectivity index (χ0v) is 40.7. The van der Waals surface area contributed by atoms with E-state index in [0.717, 1.165) is 83.5 Å². The molecule has 0 spiro atoms. The Labute approximate surface area is 382 Å². The minimum atomic E-state index is -4.69. The number of nitrogens with zero attached hydrogens (tertiary/aromatic N) is 1. The SMILES string of the molecule is CCCCC/C=C\C/C=C\C/C=C\C/C=C\CCCCCC(=O)O[C@H](COC(=O)CCCCCC[C@@H]1[C@@H](/C=C/[C@@H](O)CCCCC)[C@H](O)C[C@@H]1O)COP(=O)([O-])OCC[N+](C)(C)C. The molecule has 63 heavy (non-hydrogen) atoms. The van der Waals surface area contributed by atoms with Crippen molar-refractivity contribution in [3.8, 4) is 0 Å². The van der Waals surface area contributed by atoms with Crippen molar-refractivity contribution in [3.05, 3.63) is 60.8 Å². The molecule has 12 nitrogen and oxygen atoms in total. The molecule has 0 radical (unpaired) electrons. The van der Waals surface area contributed by atoms with Gasteiger partial charge in [0.15, 0.2) is 6.10 Å². The van der Waals surface area contributed by atoms with Crippen molar-refractivity contribution in [1.82, 2.24) is 0 Å². The van der Waals surface area contributed by atoms with Gasteiger partial charge in [-0.25, -0.2) is 0 Å². The molecule has 1 rings (SSSR count). The van der Waals surface area contributed by atoms with E-state index in [4.69, 9.17) is 18.5 Å². The van der Waals surface area contributed by atoms with Crippen LogP contribution < -0.4 is 4.89 Å². The summed E-state index contributed by atoms with van der Waals surface area (Å²) in [5.41, 5.74) is 0. The largest absolute Gasteiger partial charge is 0.756 e. The van der Waals surface area contributed by atoms with Gasteiger partial charge in [-0.15, -0.1) is 0 Å². The van der Waals surface area contributed by atoms with E-state index in [-0.39, 0.29) is 37.9 Å². The van der Waals surface area contributed by atoms with Crippen LogP contribution in [0, 0.1) is 11.8 Å². The van der Waals surface area contributed by atoms with Crippen LogP contribution in [-0.4, -0.2) is 104 Å². The molecule has 3 N–H and O–H groups in total. The van der Waals surface area contributed by atoms with Crippen molar-refractivity contribution in [2.75, 3.05) is 47.5 Å². The highest BCUT2D eigenvalue weighted by Crippen LogP contribution is 2.39. The van der Waals surface area contributed by atoms with Crippen molar-refractivity contribution in [1.29, 1.82) is 0 Å². The van der Waals surface area contributed by atoms with Crippen LogP contribution in [0.4, 0.5) is 0 Å². The van der Waals surface area contributed by atoms with Crippen LogP contribution in [0.3, 0.4) is 0 Å². The number of phosphoric acid groups is 1. The molecule has 0 aliphatic heterocycles. The summed E-state index contributed by atoms with van der Waals surface area (Å²) < 4.78 is 33.9. The van der Waals surface area contributed by atoms with Crippen molar-refractivity contribution >= 4 is 19.8 Å². The van der Waals surface area contributed by atoms with Gasteiger partial charge in [-0.1, -0.05) is 132 Å². The minimum absolute atomic E-state index is 0.0745. The maximum absolute atomic E-state index is 12.8. The van der Waals surface area contributed by atoms with Gasteiger partial charge in [-0.05, 0) is 76.5 Å². The van der Waals surface area contributed by atoms with E-state index in [2.05, 4.69) is 62.5 Å². The fourth-order valence-electron chi connectivity index (χ4n) is 7.26. The average molecular weight is 910 g/mol. The summed E-state index contributed by atoms with van der Waals surface area (Å²) in [5, 5.41) is 31.4. The quantitative estimate of drug-likeness (QED) is 0.0176. The van der Waals surface area contributed by atoms with E-state index in [1.807, 2.05) is 27.2 Å². The third-order valence-electron chi connectivity index (χ3n) is 11.1. The monoisotopic (exact) mass is 910 g/mol. The van der Waals surface area contributed by atoms with Crippen molar-refractivity contribution < 1.29 is 57.4 Å². The zero-order valence-electron chi connectivity index (χ0n) is 39.8. The standard InChI is InChI=1S/C50H88NO11P/c1-6-8-10-11-12-13-14-15-16-17-18-19-20-21-22-23-24-25-31-35-50(56)62-44(42-61-63(57,58)60-39-38-51(3,4)5)41-59-49(55)34-30-27-26-29-33-45-46(48(54)40-47(45)53)37-36-43(52)32-28-9-7-2/h12-13,15-16,18-19,21-22,36-37,43-48,52-54H,6-11,14,17,20,23-35,38-42H2,1-5H3/b13-12-,16-15-,19-18-,22-21-,37-36+/t43-,44+,45+,46+,47-,48+/m0/s1. The summed E-state index contributed by atoms with van der Waals surface area (Å²) in [7, 11) is 1.02. The lowest BCUT2D eigenvalue weighted by Crippen LogP contribution is -2.37. The number of quaternary nitrogens is 1. The topological polar surface area (TPSA) is 172 Å². The van der Waals surface area contributed by atoms with Crippen LogP contribution in [0.25, 0.3) is 0 Å². The fraction of sp³-hybridized carbons (Fsp3) is 0.760. The highest BCUT2D eigenvalue weighted by molar-refractivity contribution is 7.45. The normalized spacial score (nSPS) is 20.5. The Kier molecular flexibility index (Phi) is 34.2. The average Bonchev–Trinajstić information content (AvgIpc) is 3.50. The summed E-state index contributed by atoms with van der Waals surface area (Å²) in [6.07, 6.45) is 37.4. The van der Waals surface area contributed by atoms with Crippen molar-refractivity contribution in [2.45, 2.75) is 186 Å². The van der Waals surface area contributed by atoms with E-state index in [1.54, 1.807) is 6.08 Å². The number of rotatable bonds is 39. The second kappa shape index (κ2) is 36.8. The predicted octanol–water partition coefficient (Wildman–Crippen LogP) is 9.77. The first-order chi connectivity index (χ1) is 30.2. The number of ether oxygens (including phenoxy) is 2. The van der Waals surface area contributed by atoms with Crippen LogP contribution in [0.15, 0.2) is 60.8 Å². The third kappa shape index (κ3) is 33.7. The van der Waals surface area contributed by atoms with Gasteiger partial charge >= 0.3 is 11.9 Å². The van der Waals surface area contributed by atoms with Crippen molar-refractivity contribution in [2.24, 2.45) is 11.8 Å². The molecule has 0 saturated heterocycles. The van der Waals surface area contributed by atoms with E-state index in [9.17, 15) is 34.4 Å². The Morgan fingerprint density at radius 2 is 1.27 bits per heavy atom. The maximum Gasteiger partial charge on any atom is 0.306 e. The molecule has 7 atom stereocenters. The first-order valence-electron chi connectivity index (χ1n) is 24.3. The Bertz CT molecular complexity index is 1370. The van der Waals surface area contributed by atoms with Gasteiger partial charge in [0, 0.05) is 25.2 Å². The number of esters is 2. The molecule has 364 valence electrons. The lowest BCUT2D eigenvalue weighted by atomic mass is 9.88. The van der Waals surface area contributed by atoms with Crippen LogP contribution in [-0.2, 0) is 32.7 Å². The van der Waals surface area contributed by atoms with Gasteiger partial charge in [0.25, 0.3) is 7.82 Å². The molecule has 0 amide bonds. The predicted molar refractivity (Wildman–Crippen MR) is 251 cm³/mol. The van der Waals surface area contributed by atoms with Gasteiger partial charge < -0.3 is 43.2 Å². The number of likely N-dealkylation sites (N-methyl/N-ethyl adjacent to an activating group) is 1. The van der Waals surface area contributed by atoms with Gasteiger partial charge in [0.2, 0.25) is 0 Å². The molecule has 0 bridgehead atoms. The minimum Gasteiger partial charge on any atom is -0.756 e. The molecule has 0 heterocycles. The lowest BCUT2D eigenvalue weighted by molar-refractivity contribution is -0.870. The van der Waals surface area contributed by atoms with Gasteiger partial charge in [-0.3, -0.25) is 14.2 Å². The van der Waals surface area contributed by atoms with E-state index in [0.29, 0.717) is 36.7 Å². The second-order valence-corrected chi connectivity index (χ2v) is 19.5. The smallest absolute Gasteiger partial charge is 0.306 e. The number of allylic oxidation sites excluding steroid dienone is 8. The molecular weight excluding hydrogens is 822 g/mol. The molecule has 0 aromatic heterocycles. The first-order valence-corrected chi connectivity index (χ1v) is 25.7. The van der Waals surface area contributed by atoms with Gasteiger partial charge in [0.1, 0.15) is 19.8 Å². The van der Waals surface area contributed by atoms with Crippen LogP contribution >= 0.6 is 7.82 Å². The molecule has 1 saturated carbocycles. The number of hydrogen-bond acceptors (Lipinski definition) is 11. The molecule has 1 unspecified atom stereocenters. The van der Waals surface area contributed by atoms with E-state index < -0.39 is 50.8 Å². The summed E-state index contributed by atoms with van der Waals surface area (Å²) in [5.74, 6) is -1.30. The Morgan fingerprint density at radius 3 is 1.89 bits per heavy atom. The Hall–Kier alpha value is -2.41. The highest BCUT2D eigenvalue weighted by atomic mass is 31.2. The molecule has 1 fully saturated rings. The summed E-state index contributed by atoms with van der Waals surface area (Å²) in [6.45, 7) is 3.81. The van der Waals surface area contributed by atoms with Gasteiger partial charge in [-0.2, -0.15) is 0 Å². The zero-order chi connectivity index (χ0) is 46.6. The number of hydrogen-bond donors (Lipinski definition) is 3. The second-order valence-electron chi connectivity index (χ2n) is 18.1. The third-order valence-corrected chi connectivity index (χ3v) is 12.1. The van der Waals surface area contributed by atoms with E-state index in [1.165, 1.54) is 25.7 Å². The lowest BCUT2D eigenvalue weighted by Gasteiger charge is -2.28. The number of aliphatic hydroxyl groups is 3. The van der Waals surface area contributed by atoms with Crippen molar-refractivity contribution in [3.63, 3.8) is 0 Å². The van der Waals surface area contributed by atoms with Gasteiger partial charge in [0.05, 0.1) is 46.1 Å². The highest BCUT2D eigenvalue weighted by Gasteiger charge is 2.39. The Morgan fingerprint density at radius 1 is 0.714 bits per heavy atom. The molecule has 1 aliphatic carbocycles.